The van der Waals surface area contributed by atoms with Gasteiger partial charge in [-0.25, -0.2) is 0 Å². The van der Waals surface area contributed by atoms with Crippen LogP contribution in [0.5, 0.6) is 0 Å². The van der Waals surface area contributed by atoms with E-state index in [2.05, 4.69) is 6.07 Å². The molecular weight excluding hydrogens is 277 g/mol. The van der Waals surface area contributed by atoms with Crippen molar-refractivity contribution in [3.63, 3.8) is 0 Å². The normalized spacial score (nSPS) is 18.6. The van der Waals surface area contributed by atoms with Crippen molar-refractivity contribution in [2.75, 3.05) is 0 Å². The van der Waals surface area contributed by atoms with E-state index >= 15 is 0 Å². The topological polar surface area (TPSA) is 30.9 Å². The zero-order valence-electron chi connectivity index (χ0n) is 11.7. The predicted molar refractivity (Wildman–Crippen MR) is 75.4 cm³/mol. The SMILES string of the molecule is Cc1cc2c(n1-c1ccc(C(F)(F)F)cc1)CCCC2N. The van der Waals surface area contributed by atoms with Gasteiger partial charge in [-0.1, -0.05) is 0 Å². The summed E-state index contributed by atoms with van der Waals surface area (Å²) < 4.78 is 39.9. The molecule has 0 saturated heterocycles. The highest BCUT2D eigenvalue weighted by Gasteiger charge is 2.30. The van der Waals surface area contributed by atoms with Gasteiger partial charge in [-0.15, -0.1) is 0 Å². The Kier molecular flexibility index (Phi) is 3.32. The Morgan fingerprint density at radius 1 is 1.19 bits per heavy atom. The number of nitrogens with two attached hydrogens (primary N) is 1. The number of aromatic nitrogens is 1. The van der Waals surface area contributed by atoms with E-state index < -0.39 is 11.7 Å². The quantitative estimate of drug-likeness (QED) is 0.842. The third-order valence-corrected chi connectivity index (χ3v) is 4.10. The molecule has 0 fully saturated rings. The summed E-state index contributed by atoms with van der Waals surface area (Å²) in [6, 6.07) is 7.39. The van der Waals surface area contributed by atoms with Gasteiger partial charge in [-0.2, -0.15) is 13.2 Å². The predicted octanol–water partition coefficient (Wildman–Crippen LogP) is 4.14. The van der Waals surface area contributed by atoms with Gasteiger partial charge in [-0.3, -0.25) is 0 Å². The van der Waals surface area contributed by atoms with E-state index in [0.29, 0.717) is 0 Å². The zero-order valence-corrected chi connectivity index (χ0v) is 11.7. The number of hydrogen-bond acceptors (Lipinski definition) is 1. The molecule has 1 aliphatic rings. The summed E-state index contributed by atoms with van der Waals surface area (Å²) in [6.45, 7) is 1.96. The van der Waals surface area contributed by atoms with Gasteiger partial charge in [0, 0.05) is 23.1 Å². The molecule has 0 saturated carbocycles. The van der Waals surface area contributed by atoms with Gasteiger partial charge in [0.1, 0.15) is 0 Å². The van der Waals surface area contributed by atoms with E-state index in [1.165, 1.54) is 12.1 Å². The second kappa shape index (κ2) is 4.91. The molecule has 1 aromatic carbocycles. The van der Waals surface area contributed by atoms with Crippen LogP contribution in [0.1, 0.15) is 41.4 Å². The lowest BCUT2D eigenvalue weighted by Gasteiger charge is -2.21. The Balaban J connectivity index is 2.05. The van der Waals surface area contributed by atoms with Crippen LogP contribution in [0.2, 0.25) is 0 Å². The number of halogens is 3. The number of rotatable bonds is 1. The molecule has 112 valence electrons. The minimum atomic E-state index is -4.30. The van der Waals surface area contributed by atoms with Crippen LogP contribution in [-0.2, 0) is 12.6 Å². The molecule has 5 heteroatoms. The zero-order chi connectivity index (χ0) is 15.2. The first-order valence-corrected chi connectivity index (χ1v) is 7.02. The van der Waals surface area contributed by atoms with E-state index in [-0.39, 0.29) is 6.04 Å². The Bertz CT molecular complexity index is 653. The molecule has 1 aromatic heterocycles. The molecular formula is C16H17F3N2. The maximum absolute atomic E-state index is 12.6. The second-order valence-electron chi connectivity index (χ2n) is 5.57. The number of aryl methyl sites for hydroxylation is 1. The first-order valence-electron chi connectivity index (χ1n) is 7.02. The molecule has 0 radical (unpaired) electrons. The Morgan fingerprint density at radius 3 is 2.48 bits per heavy atom. The highest BCUT2D eigenvalue weighted by molar-refractivity contribution is 5.44. The smallest absolute Gasteiger partial charge is 0.324 e. The van der Waals surface area contributed by atoms with Crippen LogP contribution in [0.25, 0.3) is 5.69 Å². The fourth-order valence-corrected chi connectivity index (χ4v) is 3.10. The lowest BCUT2D eigenvalue weighted by atomic mass is 9.93. The van der Waals surface area contributed by atoms with Crippen molar-refractivity contribution in [1.29, 1.82) is 0 Å². The molecule has 2 aromatic rings. The van der Waals surface area contributed by atoms with Gasteiger partial charge in [0.05, 0.1) is 5.56 Å². The van der Waals surface area contributed by atoms with Gasteiger partial charge in [0.15, 0.2) is 0 Å². The van der Waals surface area contributed by atoms with Gasteiger partial charge < -0.3 is 10.3 Å². The highest BCUT2D eigenvalue weighted by atomic mass is 19.4. The molecule has 1 aliphatic carbocycles. The van der Waals surface area contributed by atoms with Gasteiger partial charge >= 0.3 is 6.18 Å². The molecule has 1 atom stereocenters. The first kappa shape index (κ1) is 14.2. The van der Waals surface area contributed by atoms with Crippen LogP contribution < -0.4 is 5.73 Å². The molecule has 0 aliphatic heterocycles. The number of hydrogen-bond donors (Lipinski definition) is 1. The molecule has 0 amide bonds. The minimum absolute atomic E-state index is 0.0307. The van der Waals surface area contributed by atoms with Gasteiger partial charge in [-0.05, 0) is 62.1 Å². The summed E-state index contributed by atoms with van der Waals surface area (Å²) in [5.41, 5.74) is 9.53. The summed E-state index contributed by atoms with van der Waals surface area (Å²) in [5, 5.41) is 0. The fourth-order valence-electron chi connectivity index (χ4n) is 3.10. The maximum Gasteiger partial charge on any atom is 0.416 e. The van der Waals surface area contributed by atoms with Crippen molar-refractivity contribution in [2.24, 2.45) is 5.73 Å². The largest absolute Gasteiger partial charge is 0.416 e. The van der Waals surface area contributed by atoms with Crippen molar-refractivity contribution in [3.8, 4) is 5.69 Å². The number of benzene rings is 1. The van der Waals surface area contributed by atoms with E-state index in [1.807, 2.05) is 11.5 Å². The van der Waals surface area contributed by atoms with Crippen molar-refractivity contribution in [3.05, 3.63) is 52.8 Å². The maximum atomic E-state index is 12.6. The van der Waals surface area contributed by atoms with E-state index in [4.69, 9.17) is 5.73 Å². The summed E-state index contributed by atoms with van der Waals surface area (Å²) in [6.07, 6.45) is -1.41. The Labute approximate surface area is 121 Å². The molecule has 1 unspecified atom stereocenters. The van der Waals surface area contributed by atoms with Crippen LogP contribution in [-0.4, -0.2) is 4.57 Å². The third-order valence-electron chi connectivity index (χ3n) is 4.10. The van der Waals surface area contributed by atoms with Crippen LogP contribution in [0.15, 0.2) is 30.3 Å². The third kappa shape index (κ3) is 2.46. The summed E-state index contributed by atoms with van der Waals surface area (Å²) >= 11 is 0. The molecule has 2 N–H and O–H groups in total. The number of nitrogens with zero attached hydrogens (tertiary/aromatic N) is 1. The molecule has 1 heterocycles. The first-order chi connectivity index (χ1) is 9.88. The monoisotopic (exact) mass is 294 g/mol. The van der Waals surface area contributed by atoms with Crippen molar-refractivity contribution >= 4 is 0 Å². The summed E-state index contributed by atoms with van der Waals surface area (Å²) in [4.78, 5) is 0. The molecule has 2 nitrogen and oxygen atoms in total. The van der Waals surface area contributed by atoms with Gasteiger partial charge in [0.2, 0.25) is 0 Å². The summed E-state index contributed by atoms with van der Waals surface area (Å²) in [7, 11) is 0. The van der Waals surface area contributed by atoms with Crippen LogP contribution in [0, 0.1) is 6.92 Å². The average molecular weight is 294 g/mol. The van der Waals surface area contributed by atoms with Crippen LogP contribution in [0.3, 0.4) is 0 Å². The highest BCUT2D eigenvalue weighted by Crippen LogP contribution is 2.34. The minimum Gasteiger partial charge on any atom is -0.324 e. The van der Waals surface area contributed by atoms with Crippen molar-refractivity contribution in [2.45, 2.75) is 38.4 Å². The van der Waals surface area contributed by atoms with E-state index in [9.17, 15) is 13.2 Å². The fraction of sp³-hybridized carbons (Fsp3) is 0.375. The molecule has 0 bridgehead atoms. The second-order valence-corrected chi connectivity index (χ2v) is 5.57. The standard InChI is InChI=1S/C16H17F3N2/c1-10-9-13-14(20)3-2-4-15(13)21(10)12-7-5-11(6-8-12)16(17,18)19/h5-9,14H,2-4,20H2,1H3. The van der Waals surface area contributed by atoms with Crippen molar-refractivity contribution < 1.29 is 13.2 Å². The lowest BCUT2D eigenvalue weighted by Crippen LogP contribution is -2.18. The van der Waals surface area contributed by atoms with Crippen LogP contribution >= 0.6 is 0 Å². The average Bonchev–Trinajstić information content (AvgIpc) is 2.76. The molecule has 0 spiro atoms. The van der Waals surface area contributed by atoms with E-state index in [0.717, 1.165) is 54.0 Å². The van der Waals surface area contributed by atoms with Gasteiger partial charge in [0.25, 0.3) is 0 Å². The Morgan fingerprint density at radius 2 is 1.86 bits per heavy atom. The van der Waals surface area contributed by atoms with Crippen LogP contribution in [0.4, 0.5) is 13.2 Å². The molecule has 3 rings (SSSR count). The number of fused-ring (bicyclic) bond motifs is 1. The number of alkyl halides is 3. The summed E-state index contributed by atoms with van der Waals surface area (Å²) in [5.74, 6) is 0. The Hall–Kier alpha value is -1.75. The van der Waals surface area contributed by atoms with Crippen molar-refractivity contribution in [1.82, 2.24) is 4.57 Å². The lowest BCUT2D eigenvalue weighted by molar-refractivity contribution is -0.137. The van der Waals surface area contributed by atoms with E-state index in [1.54, 1.807) is 0 Å². The molecule has 21 heavy (non-hydrogen) atoms.